The van der Waals surface area contributed by atoms with E-state index in [1.807, 2.05) is 30.3 Å². The van der Waals surface area contributed by atoms with Crippen molar-refractivity contribution in [3.8, 4) is 0 Å². The van der Waals surface area contributed by atoms with E-state index >= 15 is 0 Å². The lowest BCUT2D eigenvalue weighted by Crippen LogP contribution is -2.42. The smallest absolute Gasteiger partial charge is 0.251 e. The Balaban J connectivity index is 1.93. The molecule has 0 saturated carbocycles. The number of hydrogen-bond donors (Lipinski definition) is 2. The molecule has 1 aliphatic carbocycles. The second-order valence-corrected chi connectivity index (χ2v) is 5.13. The van der Waals surface area contributed by atoms with Gasteiger partial charge < -0.3 is 10.4 Å². The molecule has 0 saturated heterocycles. The van der Waals surface area contributed by atoms with E-state index in [1.54, 1.807) is 6.08 Å². The number of carbonyl (C=O) groups is 1. The number of benzene rings is 1. The molecule has 1 unspecified atom stereocenters. The van der Waals surface area contributed by atoms with Crippen LogP contribution in [-0.2, 0) is 6.42 Å². The minimum Gasteiger partial charge on any atom is -0.384 e. The van der Waals surface area contributed by atoms with E-state index in [9.17, 15) is 9.90 Å². The van der Waals surface area contributed by atoms with E-state index in [1.165, 1.54) is 5.56 Å². The van der Waals surface area contributed by atoms with E-state index in [-0.39, 0.29) is 12.5 Å². The zero-order chi connectivity index (χ0) is 13.7. The highest BCUT2D eigenvalue weighted by Crippen LogP contribution is 2.21. The Morgan fingerprint density at radius 2 is 2.11 bits per heavy atom. The third kappa shape index (κ3) is 3.67. The van der Waals surface area contributed by atoms with Gasteiger partial charge in [-0.2, -0.15) is 0 Å². The van der Waals surface area contributed by atoms with Crippen molar-refractivity contribution in [2.45, 2.75) is 38.2 Å². The number of nitrogens with one attached hydrogen (secondary N) is 1. The number of aryl methyl sites for hydroxylation is 1. The van der Waals surface area contributed by atoms with Crippen LogP contribution in [-0.4, -0.2) is 23.2 Å². The monoisotopic (exact) mass is 259 g/mol. The Morgan fingerprint density at radius 1 is 1.37 bits per heavy atom. The molecule has 0 aliphatic heterocycles. The van der Waals surface area contributed by atoms with E-state index < -0.39 is 5.60 Å². The third-order valence-corrected chi connectivity index (χ3v) is 3.59. The van der Waals surface area contributed by atoms with Crippen molar-refractivity contribution in [1.29, 1.82) is 0 Å². The predicted molar refractivity (Wildman–Crippen MR) is 76.1 cm³/mol. The molecule has 1 atom stereocenters. The Hall–Kier alpha value is -1.61. The molecule has 0 heterocycles. The van der Waals surface area contributed by atoms with Crippen molar-refractivity contribution >= 4 is 5.91 Å². The van der Waals surface area contributed by atoms with Crippen molar-refractivity contribution in [2.24, 2.45) is 0 Å². The highest BCUT2D eigenvalue weighted by molar-refractivity contribution is 5.94. The van der Waals surface area contributed by atoms with Gasteiger partial charge in [0.1, 0.15) is 0 Å². The molecule has 0 aromatic heterocycles. The predicted octanol–water partition coefficient (Wildman–Crippen LogP) is 2.45. The molecule has 1 aromatic rings. The number of aliphatic hydroxyl groups is 1. The SMILES string of the molecule is CCc1ccc(C(=O)NCC2(O)C=CCCC2)cc1. The quantitative estimate of drug-likeness (QED) is 0.816. The van der Waals surface area contributed by atoms with Crippen LogP contribution in [0.2, 0.25) is 0 Å². The second-order valence-electron chi connectivity index (χ2n) is 5.13. The molecule has 19 heavy (non-hydrogen) atoms. The first kappa shape index (κ1) is 13.8. The molecule has 2 rings (SSSR count). The largest absolute Gasteiger partial charge is 0.384 e. The van der Waals surface area contributed by atoms with Crippen LogP contribution in [0.15, 0.2) is 36.4 Å². The summed E-state index contributed by atoms with van der Waals surface area (Å²) in [6.07, 6.45) is 7.43. The van der Waals surface area contributed by atoms with Gasteiger partial charge in [0.05, 0.1) is 12.1 Å². The third-order valence-electron chi connectivity index (χ3n) is 3.59. The summed E-state index contributed by atoms with van der Waals surface area (Å²) in [5.74, 6) is -0.130. The maximum Gasteiger partial charge on any atom is 0.251 e. The topological polar surface area (TPSA) is 49.3 Å². The summed E-state index contributed by atoms with van der Waals surface area (Å²) in [6, 6.07) is 7.58. The van der Waals surface area contributed by atoms with Gasteiger partial charge in [0, 0.05) is 5.56 Å². The lowest BCUT2D eigenvalue weighted by Gasteiger charge is -2.27. The van der Waals surface area contributed by atoms with Gasteiger partial charge in [0.15, 0.2) is 0 Å². The lowest BCUT2D eigenvalue weighted by molar-refractivity contribution is 0.0660. The summed E-state index contributed by atoms with van der Waals surface area (Å²) in [6.45, 7) is 2.36. The van der Waals surface area contributed by atoms with Crippen LogP contribution < -0.4 is 5.32 Å². The number of allylic oxidation sites excluding steroid dienone is 1. The number of amides is 1. The Kier molecular flexibility index (Phi) is 4.38. The lowest BCUT2D eigenvalue weighted by atomic mass is 9.91. The average Bonchev–Trinajstić information content (AvgIpc) is 2.46. The number of hydrogen-bond acceptors (Lipinski definition) is 2. The van der Waals surface area contributed by atoms with Crippen molar-refractivity contribution in [1.82, 2.24) is 5.32 Å². The molecule has 102 valence electrons. The van der Waals surface area contributed by atoms with Crippen LogP contribution in [0, 0.1) is 0 Å². The molecule has 2 N–H and O–H groups in total. The molecule has 0 fully saturated rings. The highest BCUT2D eigenvalue weighted by atomic mass is 16.3. The van der Waals surface area contributed by atoms with Crippen LogP contribution in [0.1, 0.15) is 42.1 Å². The van der Waals surface area contributed by atoms with E-state index in [0.29, 0.717) is 12.0 Å². The molecule has 0 spiro atoms. The van der Waals surface area contributed by atoms with Crippen LogP contribution in [0.25, 0.3) is 0 Å². The Morgan fingerprint density at radius 3 is 2.68 bits per heavy atom. The van der Waals surface area contributed by atoms with Crippen LogP contribution in [0.4, 0.5) is 0 Å². The summed E-state index contributed by atoms with van der Waals surface area (Å²) in [4.78, 5) is 12.0. The fourth-order valence-electron chi connectivity index (χ4n) is 2.29. The summed E-state index contributed by atoms with van der Waals surface area (Å²) >= 11 is 0. The first-order valence-corrected chi connectivity index (χ1v) is 6.90. The fraction of sp³-hybridized carbons (Fsp3) is 0.438. The van der Waals surface area contributed by atoms with Gasteiger partial charge >= 0.3 is 0 Å². The summed E-state index contributed by atoms with van der Waals surface area (Å²) in [7, 11) is 0. The van der Waals surface area contributed by atoms with E-state index in [0.717, 1.165) is 19.3 Å². The van der Waals surface area contributed by atoms with Gasteiger partial charge in [-0.25, -0.2) is 0 Å². The molecule has 0 bridgehead atoms. The second kappa shape index (κ2) is 6.02. The minimum atomic E-state index is -0.878. The van der Waals surface area contributed by atoms with Crippen molar-refractivity contribution in [3.05, 3.63) is 47.5 Å². The van der Waals surface area contributed by atoms with Gasteiger partial charge in [0.2, 0.25) is 0 Å². The Labute approximate surface area is 114 Å². The van der Waals surface area contributed by atoms with E-state index in [4.69, 9.17) is 0 Å². The molecule has 3 heteroatoms. The van der Waals surface area contributed by atoms with Gasteiger partial charge in [-0.15, -0.1) is 0 Å². The molecule has 0 radical (unpaired) electrons. The normalized spacial score (nSPS) is 22.2. The van der Waals surface area contributed by atoms with Crippen LogP contribution in [0.5, 0.6) is 0 Å². The summed E-state index contributed by atoms with van der Waals surface area (Å²) in [5.41, 5.74) is 0.975. The van der Waals surface area contributed by atoms with Crippen molar-refractivity contribution in [3.63, 3.8) is 0 Å². The van der Waals surface area contributed by atoms with Crippen molar-refractivity contribution < 1.29 is 9.90 Å². The van der Waals surface area contributed by atoms with Crippen LogP contribution >= 0.6 is 0 Å². The molecular weight excluding hydrogens is 238 g/mol. The first-order valence-electron chi connectivity index (χ1n) is 6.90. The zero-order valence-electron chi connectivity index (χ0n) is 11.4. The maximum absolute atomic E-state index is 12.0. The number of rotatable bonds is 4. The summed E-state index contributed by atoms with van der Waals surface area (Å²) < 4.78 is 0. The molecule has 1 aromatic carbocycles. The highest BCUT2D eigenvalue weighted by Gasteiger charge is 2.25. The van der Waals surface area contributed by atoms with Gasteiger partial charge in [0.25, 0.3) is 5.91 Å². The molecular formula is C16H21NO2. The summed E-state index contributed by atoms with van der Waals surface area (Å²) in [5, 5.41) is 13.1. The maximum atomic E-state index is 12.0. The van der Waals surface area contributed by atoms with Crippen molar-refractivity contribution in [2.75, 3.05) is 6.54 Å². The fourth-order valence-corrected chi connectivity index (χ4v) is 2.29. The number of carbonyl (C=O) groups excluding carboxylic acids is 1. The van der Waals surface area contributed by atoms with Gasteiger partial charge in [-0.3, -0.25) is 4.79 Å². The minimum absolute atomic E-state index is 0.130. The standard InChI is InChI=1S/C16H21NO2/c1-2-13-6-8-14(9-7-13)15(18)17-12-16(19)10-4-3-5-11-16/h4,6-10,19H,2-3,5,11-12H2,1H3,(H,17,18). The van der Waals surface area contributed by atoms with Crippen LogP contribution in [0.3, 0.4) is 0 Å². The van der Waals surface area contributed by atoms with E-state index in [2.05, 4.69) is 12.2 Å². The average molecular weight is 259 g/mol. The molecule has 1 amide bonds. The Bertz CT molecular complexity index is 464. The van der Waals surface area contributed by atoms with Gasteiger partial charge in [-0.05, 0) is 43.4 Å². The zero-order valence-corrected chi connectivity index (χ0v) is 11.4. The molecule has 1 aliphatic rings. The van der Waals surface area contributed by atoms with Gasteiger partial charge in [-0.1, -0.05) is 31.2 Å². The molecule has 3 nitrogen and oxygen atoms in total. The first-order chi connectivity index (χ1) is 9.13.